The Morgan fingerprint density at radius 3 is 1.86 bits per heavy atom. The summed E-state index contributed by atoms with van der Waals surface area (Å²) in [6.07, 6.45) is 0. The summed E-state index contributed by atoms with van der Waals surface area (Å²) < 4.78 is 0. The van der Waals surface area contributed by atoms with E-state index in [-0.39, 0.29) is 5.02 Å². The minimum Gasteiger partial charge on any atom is -0.360 e. The largest absolute Gasteiger partial charge is 0.360 e. The van der Waals surface area contributed by atoms with Gasteiger partial charge in [-0.2, -0.15) is 0 Å². The molecule has 1 atom stereocenters. The lowest BCUT2D eigenvalue weighted by Gasteiger charge is -2.53. The molecule has 1 saturated carbocycles. The van der Waals surface area contributed by atoms with Gasteiger partial charge < -0.3 is 40.9 Å². The number of benzene rings is 1. The van der Waals surface area contributed by atoms with Crippen LogP contribution in [0, 0.1) is 0 Å². The second kappa shape index (κ2) is 4.68. The number of aliphatic hydroxyl groups is 8. The lowest BCUT2D eigenvalue weighted by atomic mass is 9.68. The fourth-order valence-electron chi connectivity index (χ4n) is 2.32. The van der Waals surface area contributed by atoms with Gasteiger partial charge in [-0.25, -0.2) is 0 Å². The lowest BCUT2D eigenvalue weighted by molar-refractivity contribution is -0.510. The molecule has 1 fully saturated rings. The molecule has 0 saturated heterocycles. The Labute approximate surface area is 127 Å². The van der Waals surface area contributed by atoms with Crippen LogP contribution in [0.15, 0.2) is 24.3 Å². The molecular formula is C12H13ClO9. The summed E-state index contributed by atoms with van der Waals surface area (Å²) in [4.78, 5) is 12.1. The second-order valence-corrected chi connectivity index (χ2v) is 5.47. The zero-order valence-corrected chi connectivity index (χ0v) is 11.5. The van der Waals surface area contributed by atoms with Gasteiger partial charge >= 0.3 is 0 Å². The molecule has 0 aromatic heterocycles. The third kappa shape index (κ3) is 1.86. The maximum absolute atomic E-state index is 12.1. The molecule has 8 N–H and O–H groups in total. The first kappa shape index (κ1) is 17.2. The molecule has 9 nitrogen and oxygen atoms in total. The highest BCUT2D eigenvalue weighted by Gasteiger charge is 2.80. The van der Waals surface area contributed by atoms with Crippen LogP contribution in [0.1, 0.15) is 11.5 Å². The molecule has 0 aliphatic heterocycles. The summed E-state index contributed by atoms with van der Waals surface area (Å²) in [7, 11) is 0. The molecule has 122 valence electrons. The minimum atomic E-state index is -4.39. The second-order valence-electron chi connectivity index (χ2n) is 5.06. The fraction of sp³-hybridized carbons (Fsp3) is 0.417. The van der Waals surface area contributed by atoms with E-state index in [1.807, 2.05) is 0 Å². The number of halogens is 1. The van der Waals surface area contributed by atoms with Crippen LogP contribution < -0.4 is 0 Å². The minimum absolute atomic E-state index is 0.233. The Morgan fingerprint density at radius 1 is 0.864 bits per heavy atom. The van der Waals surface area contributed by atoms with Gasteiger partial charge in [-0.05, 0) is 11.6 Å². The first-order valence-corrected chi connectivity index (χ1v) is 6.25. The van der Waals surface area contributed by atoms with E-state index in [1.165, 1.54) is 18.2 Å². The molecule has 1 aromatic rings. The normalized spacial score (nSPS) is 28.4. The van der Waals surface area contributed by atoms with Crippen LogP contribution in [-0.4, -0.2) is 69.8 Å². The van der Waals surface area contributed by atoms with Crippen LogP contribution in [0.25, 0.3) is 0 Å². The van der Waals surface area contributed by atoms with Crippen molar-refractivity contribution in [3.63, 3.8) is 0 Å². The van der Waals surface area contributed by atoms with Crippen molar-refractivity contribution < 1.29 is 45.6 Å². The molecule has 2 rings (SSSR count). The SMILES string of the molecule is O=C1C(c2ccccc2Cl)C(O)(O)C(O)(O)C(O)(O)C1(O)O. The molecule has 1 aliphatic rings. The van der Waals surface area contributed by atoms with Gasteiger partial charge in [-0.15, -0.1) is 0 Å². The standard InChI is InChI=1S/C12H13ClO9/c13-6-4-2-1-3-5(6)7-8(14)10(17,18)12(21,22)11(19,20)9(7,15)16/h1-4,7,15-22H. The third-order valence-electron chi connectivity index (χ3n) is 3.71. The van der Waals surface area contributed by atoms with Crippen LogP contribution in [0.3, 0.4) is 0 Å². The van der Waals surface area contributed by atoms with E-state index in [0.29, 0.717) is 0 Å². The third-order valence-corrected chi connectivity index (χ3v) is 4.05. The lowest BCUT2D eigenvalue weighted by Crippen LogP contribution is -2.84. The average molecular weight is 337 g/mol. The molecule has 1 aliphatic carbocycles. The maximum atomic E-state index is 12.1. The Bertz CT molecular complexity index is 623. The molecular weight excluding hydrogens is 324 g/mol. The molecule has 0 radical (unpaired) electrons. The van der Waals surface area contributed by atoms with Gasteiger partial charge in [0, 0.05) is 5.02 Å². The smallest absolute Gasteiger partial charge is 0.287 e. The molecule has 1 aromatic carbocycles. The maximum Gasteiger partial charge on any atom is 0.287 e. The van der Waals surface area contributed by atoms with Crippen LogP contribution in [0.4, 0.5) is 0 Å². The van der Waals surface area contributed by atoms with Gasteiger partial charge in [0.1, 0.15) is 5.92 Å². The highest BCUT2D eigenvalue weighted by atomic mass is 35.5. The molecule has 22 heavy (non-hydrogen) atoms. The van der Waals surface area contributed by atoms with E-state index in [2.05, 4.69) is 0 Å². The van der Waals surface area contributed by atoms with Gasteiger partial charge in [-0.1, -0.05) is 29.8 Å². The number of carbonyl (C=O) groups is 1. The van der Waals surface area contributed by atoms with E-state index in [9.17, 15) is 45.6 Å². The molecule has 10 heteroatoms. The molecule has 0 spiro atoms. The summed E-state index contributed by atoms with van der Waals surface area (Å²) in [5.74, 6) is -21.0. The zero-order chi connectivity index (χ0) is 17.1. The van der Waals surface area contributed by atoms with Gasteiger partial charge in [0.25, 0.3) is 17.4 Å². The predicted octanol–water partition coefficient (Wildman–Crippen LogP) is -3.27. The number of Topliss-reactive ketones (excluding diaryl/α,β-unsaturated/α-hetero) is 1. The Kier molecular flexibility index (Phi) is 3.66. The fourth-order valence-corrected chi connectivity index (χ4v) is 2.57. The van der Waals surface area contributed by atoms with Gasteiger partial charge in [0.2, 0.25) is 11.6 Å². The van der Waals surface area contributed by atoms with Gasteiger partial charge in [0.15, 0.2) is 0 Å². The first-order valence-electron chi connectivity index (χ1n) is 5.88. The van der Waals surface area contributed by atoms with E-state index < -0.39 is 40.4 Å². The van der Waals surface area contributed by atoms with Crippen LogP contribution >= 0.6 is 11.6 Å². The summed E-state index contributed by atoms with van der Waals surface area (Å²) in [5.41, 5.74) is -0.394. The van der Waals surface area contributed by atoms with E-state index in [4.69, 9.17) is 11.6 Å². The van der Waals surface area contributed by atoms with Crippen molar-refractivity contribution in [2.75, 3.05) is 0 Å². The van der Waals surface area contributed by atoms with Crippen molar-refractivity contribution >= 4 is 17.4 Å². The van der Waals surface area contributed by atoms with Crippen molar-refractivity contribution in [2.45, 2.75) is 29.1 Å². The average Bonchev–Trinajstić information content (AvgIpc) is 2.39. The quantitative estimate of drug-likeness (QED) is 0.244. The number of carbonyl (C=O) groups excluding carboxylic acids is 1. The van der Waals surface area contributed by atoms with E-state index in [0.717, 1.165) is 6.07 Å². The Morgan fingerprint density at radius 2 is 1.36 bits per heavy atom. The van der Waals surface area contributed by atoms with Gasteiger partial charge in [-0.3, -0.25) is 4.79 Å². The molecule has 0 heterocycles. The number of hydrogen-bond acceptors (Lipinski definition) is 9. The van der Waals surface area contributed by atoms with Crippen LogP contribution in [0.5, 0.6) is 0 Å². The number of hydrogen-bond donors (Lipinski definition) is 8. The predicted molar refractivity (Wildman–Crippen MR) is 67.9 cm³/mol. The van der Waals surface area contributed by atoms with Crippen molar-refractivity contribution in [2.24, 2.45) is 0 Å². The van der Waals surface area contributed by atoms with Crippen molar-refractivity contribution in [1.29, 1.82) is 0 Å². The summed E-state index contributed by atoms with van der Waals surface area (Å²) >= 11 is 5.78. The van der Waals surface area contributed by atoms with E-state index in [1.54, 1.807) is 0 Å². The van der Waals surface area contributed by atoms with E-state index >= 15 is 0 Å². The molecule has 0 bridgehead atoms. The molecule has 1 unspecified atom stereocenters. The Balaban J connectivity index is 2.75. The summed E-state index contributed by atoms with van der Waals surface area (Å²) in [6.45, 7) is 0. The monoisotopic (exact) mass is 336 g/mol. The topological polar surface area (TPSA) is 179 Å². The number of ketones is 1. The highest BCUT2D eigenvalue weighted by molar-refractivity contribution is 6.31. The van der Waals surface area contributed by atoms with Gasteiger partial charge in [0.05, 0.1) is 0 Å². The number of rotatable bonds is 1. The van der Waals surface area contributed by atoms with Crippen LogP contribution in [-0.2, 0) is 4.79 Å². The highest BCUT2D eigenvalue weighted by Crippen LogP contribution is 2.50. The van der Waals surface area contributed by atoms with Crippen LogP contribution in [0.2, 0.25) is 5.02 Å². The van der Waals surface area contributed by atoms with Crippen molar-refractivity contribution in [3.8, 4) is 0 Å². The Hall–Kier alpha value is -1.14. The first-order chi connectivity index (χ1) is 9.80. The summed E-state index contributed by atoms with van der Waals surface area (Å²) in [6, 6.07) is 5.01. The summed E-state index contributed by atoms with van der Waals surface area (Å²) in [5, 5.41) is 77.0. The molecule has 0 amide bonds. The zero-order valence-electron chi connectivity index (χ0n) is 10.8. The van der Waals surface area contributed by atoms with Crippen molar-refractivity contribution in [3.05, 3.63) is 34.9 Å². The van der Waals surface area contributed by atoms with Crippen molar-refractivity contribution in [1.82, 2.24) is 0 Å².